The SMILES string of the molecule is CC1(Cc2ccccc2)CCN(C2C3CC4CC(C3)CC2C4)C1=O. The minimum Gasteiger partial charge on any atom is -0.339 e. The van der Waals surface area contributed by atoms with Crippen molar-refractivity contribution < 1.29 is 4.79 Å². The molecule has 1 atom stereocenters. The summed E-state index contributed by atoms with van der Waals surface area (Å²) in [6.45, 7) is 3.20. The highest BCUT2D eigenvalue weighted by atomic mass is 16.2. The van der Waals surface area contributed by atoms with Gasteiger partial charge in [0.1, 0.15) is 0 Å². The Morgan fingerprint density at radius 3 is 2.25 bits per heavy atom. The van der Waals surface area contributed by atoms with Crippen molar-refractivity contribution >= 4 is 5.91 Å². The first-order valence-electron chi connectivity index (χ1n) is 9.97. The van der Waals surface area contributed by atoms with Crippen LogP contribution >= 0.6 is 0 Å². The fourth-order valence-electron chi connectivity index (χ4n) is 6.82. The van der Waals surface area contributed by atoms with Gasteiger partial charge in [-0.2, -0.15) is 0 Å². The van der Waals surface area contributed by atoms with Gasteiger partial charge in [-0.15, -0.1) is 0 Å². The molecule has 2 nitrogen and oxygen atoms in total. The summed E-state index contributed by atoms with van der Waals surface area (Å²) in [7, 11) is 0. The fraction of sp³-hybridized carbons (Fsp3) is 0.682. The van der Waals surface area contributed by atoms with E-state index in [1.165, 1.54) is 37.7 Å². The van der Waals surface area contributed by atoms with Crippen molar-refractivity contribution in [1.82, 2.24) is 4.90 Å². The third-order valence-corrected chi connectivity index (χ3v) is 7.66. The van der Waals surface area contributed by atoms with E-state index in [1.807, 2.05) is 0 Å². The summed E-state index contributed by atoms with van der Waals surface area (Å²) in [4.78, 5) is 15.7. The quantitative estimate of drug-likeness (QED) is 0.812. The second kappa shape index (κ2) is 5.34. The van der Waals surface area contributed by atoms with Crippen molar-refractivity contribution in [1.29, 1.82) is 0 Å². The molecule has 0 spiro atoms. The number of hydrogen-bond acceptors (Lipinski definition) is 1. The number of nitrogens with zero attached hydrogens (tertiary/aromatic N) is 1. The van der Waals surface area contributed by atoms with Crippen molar-refractivity contribution in [3.63, 3.8) is 0 Å². The molecule has 1 amide bonds. The van der Waals surface area contributed by atoms with E-state index in [1.54, 1.807) is 0 Å². The second-order valence-corrected chi connectivity index (χ2v) is 9.39. The van der Waals surface area contributed by atoms with Crippen molar-refractivity contribution in [2.45, 2.75) is 57.9 Å². The summed E-state index contributed by atoms with van der Waals surface area (Å²) >= 11 is 0. The van der Waals surface area contributed by atoms with Crippen LogP contribution in [0.3, 0.4) is 0 Å². The van der Waals surface area contributed by atoms with E-state index in [9.17, 15) is 4.79 Å². The van der Waals surface area contributed by atoms with Crippen molar-refractivity contribution in [3.05, 3.63) is 35.9 Å². The lowest BCUT2D eigenvalue weighted by molar-refractivity contribution is -0.145. The lowest BCUT2D eigenvalue weighted by atomic mass is 9.54. The van der Waals surface area contributed by atoms with E-state index in [0.29, 0.717) is 11.9 Å². The van der Waals surface area contributed by atoms with Crippen LogP contribution in [0.4, 0.5) is 0 Å². The van der Waals surface area contributed by atoms with Gasteiger partial charge < -0.3 is 4.90 Å². The molecular weight excluding hydrogens is 294 g/mol. The Morgan fingerprint density at radius 1 is 1.00 bits per heavy atom. The lowest BCUT2D eigenvalue weighted by Crippen LogP contribution is -2.57. The van der Waals surface area contributed by atoms with E-state index in [0.717, 1.165) is 43.1 Å². The normalized spacial score (nSPS) is 43.6. The molecule has 1 unspecified atom stereocenters. The maximum atomic E-state index is 13.4. The molecule has 4 bridgehead atoms. The van der Waals surface area contributed by atoms with E-state index in [-0.39, 0.29) is 5.41 Å². The van der Waals surface area contributed by atoms with Gasteiger partial charge in [0.05, 0.1) is 5.41 Å². The summed E-state index contributed by atoms with van der Waals surface area (Å²) < 4.78 is 0. The molecule has 0 aromatic heterocycles. The average Bonchev–Trinajstić information content (AvgIpc) is 2.83. The largest absolute Gasteiger partial charge is 0.339 e. The topological polar surface area (TPSA) is 20.3 Å². The predicted octanol–water partition coefficient (Wildman–Crippen LogP) is 4.29. The molecule has 4 saturated carbocycles. The molecular formula is C22H29NO. The Bertz CT molecular complexity index is 611. The number of carbonyl (C=O) groups is 1. The average molecular weight is 323 g/mol. The number of rotatable bonds is 3. The summed E-state index contributed by atoms with van der Waals surface area (Å²) in [6.07, 6.45) is 9.01. The molecule has 24 heavy (non-hydrogen) atoms. The smallest absolute Gasteiger partial charge is 0.229 e. The Labute approximate surface area is 145 Å². The number of likely N-dealkylation sites (tertiary alicyclic amines) is 1. The van der Waals surface area contributed by atoms with Gasteiger partial charge in [0.2, 0.25) is 5.91 Å². The van der Waals surface area contributed by atoms with Gasteiger partial charge in [-0.25, -0.2) is 0 Å². The first-order chi connectivity index (χ1) is 11.6. The molecule has 0 radical (unpaired) electrons. The Balaban J connectivity index is 1.36. The highest BCUT2D eigenvalue weighted by molar-refractivity contribution is 5.85. The third-order valence-electron chi connectivity index (χ3n) is 7.66. The molecule has 0 N–H and O–H groups in total. The number of carbonyl (C=O) groups excluding carboxylic acids is 1. The third kappa shape index (κ3) is 2.25. The first kappa shape index (κ1) is 15.0. The van der Waals surface area contributed by atoms with Gasteiger partial charge >= 0.3 is 0 Å². The Kier molecular flexibility index (Phi) is 3.34. The standard InChI is InChI=1S/C22H29NO/c1-22(14-15-5-3-2-4-6-15)7-8-23(21(22)24)20-18-10-16-9-17(12-18)13-19(20)11-16/h2-6,16-20H,7-14H2,1H3. The molecule has 5 fully saturated rings. The molecule has 1 aromatic rings. The zero-order valence-electron chi connectivity index (χ0n) is 14.8. The summed E-state index contributed by atoms with van der Waals surface area (Å²) in [6, 6.07) is 11.2. The van der Waals surface area contributed by atoms with Crippen LogP contribution < -0.4 is 0 Å². The Hall–Kier alpha value is -1.31. The van der Waals surface area contributed by atoms with Gasteiger partial charge in [0.25, 0.3) is 0 Å². The maximum absolute atomic E-state index is 13.4. The molecule has 2 heteroatoms. The van der Waals surface area contributed by atoms with E-state index in [4.69, 9.17) is 0 Å². The van der Waals surface area contributed by atoms with E-state index in [2.05, 4.69) is 42.2 Å². The molecule has 128 valence electrons. The predicted molar refractivity (Wildman–Crippen MR) is 95.4 cm³/mol. The van der Waals surface area contributed by atoms with Gasteiger partial charge in [0, 0.05) is 12.6 Å². The van der Waals surface area contributed by atoms with Gasteiger partial charge in [0.15, 0.2) is 0 Å². The molecule has 1 saturated heterocycles. The molecule has 4 aliphatic carbocycles. The summed E-state index contributed by atoms with van der Waals surface area (Å²) in [5, 5.41) is 0. The molecule has 1 aromatic carbocycles. The highest BCUT2D eigenvalue weighted by Gasteiger charge is 2.54. The molecule has 5 aliphatic rings. The van der Waals surface area contributed by atoms with Crippen LogP contribution in [0.2, 0.25) is 0 Å². The summed E-state index contributed by atoms with van der Waals surface area (Å²) in [5.74, 6) is 4.03. The van der Waals surface area contributed by atoms with Crippen LogP contribution in [-0.2, 0) is 11.2 Å². The second-order valence-electron chi connectivity index (χ2n) is 9.39. The van der Waals surface area contributed by atoms with Gasteiger partial charge in [-0.3, -0.25) is 4.79 Å². The zero-order chi connectivity index (χ0) is 16.3. The minimum absolute atomic E-state index is 0.185. The van der Waals surface area contributed by atoms with Crippen LogP contribution in [0.25, 0.3) is 0 Å². The minimum atomic E-state index is -0.185. The Morgan fingerprint density at radius 2 is 1.62 bits per heavy atom. The van der Waals surface area contributed by atoms with E-state index < -0.39 is 0 Å². The van der Waals surface area contributed by atoms with E-state index >= 15 is 0 Å². The van der Waals surface area contributed by atoms with Crippen molar-refractivity contribution in [2.24, 2.45) is 29.1 Å². The maximum Gasteiger partial charge on any atom is 0.229 e. The zero-order valence-corrected chi connectivity index (χ0v) is 14.8. The van der Waals surface area contributed by atoms with Crippen LogP contribution in [0.5, 0.6) is 0 Å². The highest BCUT2D eigenvalue weighted by Crippen LogP contribution is 2.56. The van der Waals surface area contributed by atoms with Crippen LogP contribution in [-0.4, -0.2) is 23.4 Å². The van der Waals surface area contributed by atoms with Crippen molar-refractivity contribution in [2.75, 3.05) is 6.54 Å². The van der Waals surface area contributed by atoms with Gasteiger partial charge in [-0.1, -0.05) is 37.3 Å². The first-order valence-corrected chi connectivity index (χ1v) is 9.97. The van der Waals surface area contributed by atoms with Crippen LogP contribution in [0.1, 0.15) is 51.0 Å². The number of hydrogen-bond donors (Lipinski definition) is 0. The van der Waals surface area contributed by atoms with Crippen molar-refractivity contribution in [3.8, 4) is 0 Å². The number of benzene rings is 1. The van der Waals surface area contributed by atoms with Crippen LogP contribution in [0, 0.1) is 29.1 Å². The fourth-order valence-corrected chi connectivity index (χ4v) is 6.82. The van der Waals surface area contributed by atoms with Gasteiger partial charge in [-0.05, 0) is 74.2 Å². The lowest BCUT2D eigenvalue weighted by Gasteiger charge is -2.56. The molecule has 1 aliphatic heterocycles. The molecule has 6 rings (SSSR count). The van der Waals surface area contributed by atoms with Crippen LogP contribution in [0.15, 0.2) is 30.3 Å². The summed E-state index contributed by atoms with van der Waals surface area (Å²) in [5.41, 5.74) is 1.12. The monoisotopic (exact) mass is 323 g/mol. The number of amides is 1. The molecule has 1 heterocycles.